The molecule has 0 atom stereocenters. The Morgan fingerprint density at radius 1 is 1.04 bits per heavy atom. The van der Waals surface area contributed by atoms with Crippen LogP contribution in [0.1, 0.15) is 70.9 Å². The standard InChI is InChI=1S/C33H40N10O4/c1-33(2,3)47-32(45)39-22-5-7-24(8-6-22)42-18-29(40-41-42)26-17-36-28(30-10-9-25-13-21(15-34)16-37-43(25)30)14-27(26)38-23-11-20(12-23)19-46-31(44)35-4/h9-10,13-14,16-18,20,22-24H,5-8,11-12,19H2,1-4H3,(H,35,44)(H,36,38)(H,39,45). The molecule has 14 nitrogen and oxygen atoms in total. The molecule has 4 heterocycles. The zero-order chi connectivity index (χ0) is 33.1. The summed E-state index contributed by atoms with van der Waals surface area (Å²) < 4.78 is 14.4. The Bertz CT molecular complexity index is 1790. The summed E-state index contributed by atoms with van der Waals surface area (Å²) in [7, 11) is 1.55. The summed E-state index contributed by atoms with van der Waals surface area (Å²) in [6.07, 6.45) is 9.58. The Morgan fingerprint density at radius 3 is 2.55 bits per heavy atom. The summed E-state index contributed by atoms with van der Waals surface area (Å²) in [5.41, 5.74) is 4.67. The van der Waals surface area contributed by atoms with Crippen LogP contribution in [0.25, 0.3) is 28.2 Å². The number of alkyl carbamates (subject to hydrolysis) is 2. The van der Waals surface area contributed by atoms with Crippen LogP contribution in [0.4, 0.5) is 15.3 Å². The second kappa shape index (κ2) is 13.3. The molecule has 0 saturated heterocycles. The summed E-state index contributed by atoms with van der Waals surface area (Å²) in [4.78, 5) is 28.6. The van der Waals surface area contributed by atoms with Crippen LogP contribution in [-0.2, 0) is 9.47 Å². The molecule has 0 aromatic carbocycles. The van der Waals surface area contributed by atoms with E-state index in [1.165, 1.54) is 0 Å². The number of hydrogen-bond acceptors (Lipinski definition) is 10. The van der Waals surface area contributed by atoms with E-state index in [1.807, 2.05) is 56.0 Å². The number of carbonyl (C=O) groups excluding carboxylic acids is 2. The van der Waals surface area contributed by atoms with Gasteiger partial charge in [0.15, 0.2) is 0 Å². The minimum absolute atomic E-state index is 0.0656. The lowest BCUT2D eigenvalue weighted by molar-refractivity contribution is 0.0487. The van der Waals surface area contributed by atoms with E-state index in [1.54, 1.807) is 23.8 Å². The van der Waals surface area contributed by atoms with Gasteiger partial charge in [-0.1, -0.05) is 5.21 Å². The molecule has 0 aliphatic heterocycles. The molecule has 4 aromatic rings. The van der Waals surface area contributed by atoms with Gasteiger partial charge in [-0.25, -0.2) is 18.8 Å². The van der Waals surface area contributed by atoms with Crippen molar-refractivity contribution in [2.45, 2.75) is 83.0 Å². The van der Waals surface area contributed by atoms with Gasteiger partial charge < -0.3 is 25.4 Å². The average Bonchev–Trinajstić information content (AvgIpc) is 3.69. The first-order valence-corrected chi connectivity index (χ1v) is 16.0. The fourth-order valence-electron chi connectivity index (χ4n) is 6.19. The normalized spacial score (nSPS) is 20.9. The molecule has 0 spiro atoms. The van der Waals surface area contributed by atoms with Crippen LogP contribution >= 0.6 is 0 Å². The molecule has 2 aliphatic rings. The average molecular weight is 641 g/mol. The molecular formula is C33H40N10O4. The van der Waals surface area contributed by atoms with Crippen molar-refractivity contribution in [3.8, 4) is 28.7 Å². The zero-order valence-electron chi connectivity index (χ0n) is 27.1. The van der Waals surface area contributed by atoms with Gasteiger partial charge >= 0.3 is 12.2 Å². The Morgan fingerprint density at radius 2 is 1.83 bits per heavy atom. The first-order chi connectivity index (χ1) is 22.6. The van der Waals surface area contributed by atoms with Gasteiger partial charge in [-0.15, -0.1) is 5.10 Å². The Kier molecular flexibility index (Phi) is 8.97. The van der Waals surface area contributed by atoms with E-state index in [0.717, 1.165) is 66.7 Å². The summed E-state index contributed by atoms with van der Waals surface area (Å²) in [6.45, 7) is 5.95. The second-order valence-electron chi connectivity index (χ2n) is 13.3. The Labute approximate surface area is 272 Å². The molecular weight excluding hydrogens is 600 g/mol. The predicted octanol–water partition coefficient (Wildman–Crippen LogP) is 5.08. The molecule has 3 N–H and O–H groups in total. The lowest BCUT2D eigenvalue weighted by atomic mass is 9.80. The highest BCUT2D eigenvalue weighted by molar-refractivity contribution is 5.79. The first-order valence-electron chi connectivity index (χ1n) is 16.0. The molecule has 0 bridgehead atoms. The zero-order valence-corrected chi connectivity index (χ0v) is 27.1. The largest absolute Gasteiger partial charge is 0.449 e. The molecule has 2 aliphatic carbocycles. The van der Waals surface area contributed by atoms with Crippen LogP contribution in [0.5, 0.6) is 0 Å². The number of amides is 2. The molecule has 0 unspecified atom stereocenters. The van der Waals surface area contributed by atoms with Crippen LogP contribution in [0.2, 0.25) is 0 Å². The SMILES string of the molecule is CNC(=O)OCC1CC(Nc2cc(-c3ccc4cc(C#N)cnn34)ncc2-c2cn(C3CCC(NC(=O)OC(C)(C)C)CC3)nn2)C1. The number of fused-ring (bicyclic) bond motifs is 1. The van der Waals surface area contributed by atoms with Crippen LogP contribution in [0, 0.1) is 17.2 Å². The van der Waals surface area contributed by atoms with E-state index in [2.05, 4.69) is 37.4 Å². The van der Waals surface area contributed by atoms with Gasteiger partial charge in [-0.2, -0.15) is 10.4 Å². The highest BCUT2D eigenvalue weighted by Gasteiger charge is 2.31. The number of aromatic nitrogens is 6. The van der Waals surface area contributed by atoms with Crippen molar-refractivity contribution in [3.05, 3.63) is 48.4 Å². The maximum Gasteiger partial charge on any atom is 0.407 e. The number of nitrogens with zero attached hydrogens (tertiary/aromatic N) is 7. The van der Waals surface area contributed by atoms with Crippen molar-refractivity contribution in [1.29, 1.82) is 5.26 Å². The van der Waals surface area contributed by atoms with E-state index in [0.29, 0.717) is 17.9 Å². The highest BCUT2D eigenvalue weighted by atomic mass is 16.6. The molecule has 246 valence electrons. The van der Waals surface area contributed by atoms with Gasteiger partial charge in [0.25, 0.3) is 0 Å². The van der Waals surface area contributed by atoms with Crippen LogP contribution < -0.4 is 16.0 Å². The molecule has 6 rings (SSSR count). The maximum atomic E-state index is 12.2. The van der Waals surface area contributed by atoms with Crippen LogP contribution in [0.15, 0.2) is 42.9 Å². The second-order valence-corrected chi connectivity index (χ2v) is 13.3. The van der Waals surface area contributed by atoms with Crippen molar-refractivity contribution >= 4 is 23.4 Å². The van der Waals surface area contributed by atoms with Crippen LogP contribution in [-0.4, -0.2) is 73.1 Å². The lowest BCUT2D eigenvalue weighted by Gasteiger charge is -2.36. The molecule has 0 radical (unpaired) electrons. The molecule has 2 fully saturated rings. The fourth-order valence-corrected chi connectivity index (χ4v) is 6.19. The maximum absolute atomic E-state index is 12.2. The summed E-state index contributed by atoms with van der Waals surface area (Å²) in [5, 5.41) is 31.9. The topological polar surface area (TPSA) is 173 Å². The van der Waals surface area contributed by atoms with Crippen molar-refractivity contribution in [2.75, 3.05) is 19.0 Å². The molecule has 14 heteroatoms. The Balaban J connectivity index is 1.19. The predicted molar refractivity (Wildman–Crippen MR) is 173 cm³/mol. The van der Waals surface area contributed by atoms with Crippen molar-refractivity contribution in [2.24, 2.45) is 5.92 Å². The van der Waals surface area contributed by atoms with Crippen molar-refractivity contribution in [3.63, 3.8) is 0 Å². The third-order valence-corrected chi connectivity index (χ3v) is 8.62. The molecule has 2 amide bonds. The fraction of sp³-hybridized carbons (Fsp3) is 0.485. The van der Waals surface area contributed by atoms with Gasteiger partial charge in [0, 0.05) is 36.6 Å². The van der Waals surface area contributed by atoms with Crippen molar-refractivity contribution < 1.29 is 19.1 Å². The van der Waals surface area contributed by atoms with E-state index in [9.17, 15) is 14.9 Å². The van der Waals surface area contributed by atoms with E-state index in [4.69, 9.17) is 14.5 Å². The lowest BCUT2D eigenvalue weighted by Crippen LogP contribution is -2.41. The third-order valence-electron chi connectivity index (χ3n) is 8.62. The number of hydrogen-bond donors (Lipinski definition) is 3. The first kappa shape index (κ1) is 31.8. The number of pyridine rings is 1. The summed E-state index contributed by atoms with van der Waals surface area (Å²) in [5.74, 6) is 0.281. The van der Waals surface area contributed by atoms with Gasteiger partial charge in [0.05, 0.1) is 47.5 Å². The number of rotatable bonds is 8. The quantitative estimate of drug-likeness (QED) is 0.236. The van der Waals surface area contributed by atoms with E-state index < -0.39 is 11.7 Å². The third kappa shape index (κ3) is 7.45. The van der Waals surface area contributed by atoms with Gasteiger partial charge in [0.2, 0.25) is 0 Å². The number of nitriles is 1. The van der Waals surface area contributed by atoms with E-state index in [-0.39, 0.29) is 30.1 Å². The van der Waals surface area contributed by atoms with Gasteiger partial charge in [0.1, 0.15) is 17.4 Å². The number of ether oxygens (including phenoxy) is 2. The molecule has 2 saturated carbocycles. The van der Waals surface area contributed by atoms with Crippen LogP contribution in [0.3, 0.4) is 0 Å². The highest BCUT2D eigenvalue weighted by Crippen LogP contribution is 2.37. The molecule has 47 heavy (non-hydrogen) atoms. The Hall–Kier alpha value is -5.19. The molecule has 4 aromatic heterocycles. The minimum atomic E-state index is -0.532. The van der Waals surface area contributed by atoms with Gasteiger partial charge in [-0.05, 0) is 89.5 Å². The van der Waals surface area contributed by atoms with E-state index >= 15 is 0 Å². The van der Waals surface area contributed by atoms with Crippen molar-refractivity contribution in [1.82, 2.24) is 40.2 Å². The number of anilines is 1. The smallest absolute Gasteiger partial charge is 0.407 e. The number of nitrogens with one attached hydrogen (secondary N) is 3. The number of carbonyl (C=O) groups is 2. The monoisotopic (exact) mass is 640 g/mol. The minimum Gasteiger partial charge on any atom is -0.449 e. The summed E-state index contributed by atoms with van der Waals surface area (Å²) >= 11 is 0. The summed E-state index contributed by atoms with van der Waals surface area (Å²) in [6, 6.07) is 10.2. The van der Waals surface area contributed by atoms with Gasteiger partial charge in [-0.3, -0.25) is 4.98 Å².